The average molecular weight is 304 g/mol. The molecule has 0 aliphatic carbocycles. The summed E-state index contributed by atoms with van der Waals surface area (Å²) in [7, 11) is 1.95. The van der Waals surface area contributed by atoms with Gasteiger partial charge in [0.15, 0.2) is 11.8 Å². The van der Waals surface area contributed by atoms with Crippen molar-refractivity contribution in [1.82, 2.24) is 25.4 Å². The van der Waals surface area contributed by atoms with Crippen molar-refractivity contribution in [2.45, 2.75) is 51.0 Å². The maximum Gasteiger partial charge on any atom is 0.192 e. The number of hydrogen-bond donors (Lipinski definition) is 2. The van der Waals surface area contributed by atoms with Crippen LogP contribution in [0.1, 0.15) is 30.9 Å². The van der Waals surface area contributed by atoms with Crippen LogP contribution in [-0.2, 0) is 18.3 Å². The number of nitrogens with one attached hydrogen (secondary N) is 2. The predicted octanol–water partition coefficient (Wildman–Crippen LogP) is 0.665. The van der Waals surface area contributed by atoms with E-state index < -0.39 is 0 Å². The Kier molecular flexibility index (Phi) is 4.42. The number of aromatic nitrogens is 3. The van der Waals surface area contributed by atoms with Gasteiger partial charge in [-0.05, 0) is 26.2 Å². The van der Waals surface area contributed by atoms with Crippen molar-refractivity contribution < 1.29 is 4.74 Å². The molecule has 0 spiro atoms. The first-order chi connectivity index (χ1) is 10.7. The molecule has 2 aliphatic heterocycles. The average Bonchev–Trinajstić information content (AvgIpc) is 3.21. The third-order valence-electron chi connectivity index (χ3n) is 4.40. The second-order valence-electron chi connectivity index (χ2n) is 5.92. The van der Waals surface area contributed by atoms with Crippen LogP contribution in [0.5, 0.6) is 0 Å². The van der Waals surface area contributed by atoms with Gasteiger partial charge in [-0.2, -0.15) is 0 Å². The number of ether oxygens (including phenoxy) is 1. The standard InChI is InChI=1S/C15H24N6O/c1-4-7-16-15(17-9-14-20-19-10(2)21(14)3)18-12-8-11-5-6-13(12)22-11/h4,11-13H,1,5-9H2,2-3H3,(H2,16,17,18). The Morgan fingerprint density at radius 2 is 2.36 bits per heavy atom. The number of aliphatic imine (C=N–C) groups is 1. The van der Waals surface area contributed by atoms with Crippen LogP contribution in [0, 0.1) is 6.92 Å². The molecule has 7 heteroatoms. The van der Waals surface area contributed by atoms with Crippen LogP contribution >= 0.6 is 0 Å². The molecule has 3 atom stereocenters. The lowest BCUT2D eigenvalue weighted by Crippen LogP contribution is -2.47. The molecule has 1 aromatic rings. The molecule has 0 saturated carbocycles. The van der Waals surface area contributed by atoms with Gasteiger partial charge in [0, 0.05) is 13.6 Å². The highest BCUT2D eigenvalue weighted by Crippen LogP contribution is 2.34. The monoisotopic (exact) mass is 304 g/mol. The highest BCUT2D eigenvalue weighted by Gasteiger charge is 2.41. The van der Waals surface area contributed by atoms with Gasteiger partial charge in [-0.1, -0.05) is 6.08 Å². The zero-order valence-corrected chi connectivity index (χ0v) is 13.2. The van der Waals surface area contributed by atoms with Gasteiger partial charge < -0.3 is 19.9 Å². The van der Waals surface area contributed by atoms with Crippen LogP contribution in [0.15, 0.2) is 17.6 Å². The van der Waals surface area contributed by atoms with Crippen molar-refractivity contribution in [2.24, 2.45) is 12.0 Å². The molecule has 3 heterocycles. The van der Waals surface area contributed by atoms with Crippen LogP contribution in [-0.4, -0.2) is 45.5 Å². The Hall–Kier alpha value is -1.89. The second kappa shape index (κ2) is 6.48. The van der Waals surface area contributed by atoms with E-state index in [1.54, 1.807) is 0 Å². The van der Waals surface area contributed by atoms with Gasteiger partial charge in [-0.25, -0.2) is 4.99 Å². The van der Waals surface area contributed by atoms with Crippen LogP contribution < -0.4 is 10.6 Å². The largest absolute Gasteiger partial charge is 0.373 e. The number of fused-ring (bicyclic) bond motifs is 2. The van der Waals surface area contributed by atoms with E-state index in [-0.39, 0.29) is 0 Å². The first-order valence-corrected chi connectivity index (χ1v) is 7.83. The van der Waals surface area contributed by atoms with E-state index in [0.29, 0.717) is 31.3 Å². The summed E-state index contributed by atoms with van der Waals surface area (Å²) in [6.45, 7) is 6.84. The topological polar surface area (TPSA) is 76.4 Å². The Bertz CT molecular complexity index is 566. The molecule has 2 saturated heterocycles. The third-order valence-corrected chi connectivity index (χ3v) is 4.40. The first kappa shape index (κ1) is 15.0. The van der Waals surface area contributed by atoms with Crippen molar-refractivity contribution >= 4 is 5.96 Å². The van der Waals surface area contributed by atoms with Gasteiger partial charge >= 0.3 is 0 Å². The maximum atomic E-state index is 5.88. The minimum absolute atomic E-state index is 0.317. The molecular weight excluding hydrogens is 280 g/mol. The summed E-state index contributed by atoms with van der Waals surface area (Å²) >= 11 is 0. The van der Waals surface area contributed by atoms with Gasteiger partial charge in [0.25, 0.3) is 0 Å². The lowest BCUT2D eigenvalue weighted by Gasteiger charge is -2.22. The molecular formula is C15H24N6O. The van der Waals surface area contributed by atoms with Gasteiger partial charge in [0.2, 0.25) is 0 Å². The highest BCUT2D eigenvalue weighted by molar-refractivity contribution is 5.80. The lowest BCUT2D eigenvalue weighted by atomic mass is 9.96. The summed E-state index contributed by atoms with van der Waals surface area (Å²) in [5.74, 6) is 2.52. The third kappa shape index (κ3) is 3.14. The van der Waals surface area contributed by atoms with Gasteiger partial charge in [0.1, 0.15) is 12.4 Å². The molecule has 7 nitrogen and oxygen atoms in total. The second-order valence-corrected chi connectivity index (χ2v) is 5.92. The molecule has 1 aromatic heterocycles. The van der Waals surface area contributed by atoms with Gasteiger partial charge in [-0.3, -0.25) is 0 Å². The van der Waals surface area contributed by atoms with E-state index in [1.165, 1.54) is 6.42 Å². The summed E-state index contributed by atoms with van der Waals surface area (Å²) in [6.07, 6.45) is 5.94. The van der Waals surface area contributed by atoms with E-state index >= 15 is 0 Å². The van der Waals surface area contributed by atoms with Crippen LogP contribution in [0.2, 0.25) is 0 Å². The maximum absolute atomic E-state index is 5.88. The molecule has 2 bridgehead atoms. The van der Waals surface area contributed by atoms with Crippen molar-refractivity contribution in [3.8, 4) is 0 Å². The Morgan fingerprint density at radius 3 is 2.95 bits per heavy atom. The van der Waals surface area contributed by atoms with Crippen molar-refractivity contribution in [1.29, 1.82) is 0 Å². The van der Waals surface area contributed by atoms with E-state index in [0.717, 1.165) is 30.5 Å². The molecule has 3 unspecified atom stereocenters. The summed E-state index contributed by atoms with van der Waals surface area (Å²) < 4.78 is 7.84. The number of guanidine groups is 1. The molecule has 0 radical (unpaired) electrons. The molecule has 22 heavy (non-hydrogen) atoms. The summed E-state index contributed by atoms with van der Waals surface area (Å²) in [6, 6.07) is 0.344. The first-order valence-electron chi connectivity index (χ1n) is 7.83. The van der Waals surface area contributed by atoms with Crippen molar-refractivity contribution in [2.75, 3.05) is 6.54 Å². The molecule has 2 N–H and O–H groups in total. The van der Waals surface area contributed by atoms with Crippen LogP contribution in [0.4, 0.5) is 0 Å². The van der Waals surface area contributed by atoms with E-state index in [9.17, 15) is 0 Å². The fourth-order valence-electron chi connectivity index (χ4n) is 3.03. The quantitative estimate of drug-likeness (QED) is 0.475. The van der Waals surface area contributed by atoms with Crippen LogP contribution in [0.3, 0.4) is 0 Å². The van der Waals surface area contributed by atoms with Gasteiger partial charge in [-0.15, -0.1) is 16.8 Å². The zero-order chi connectivity index (χ0) is 15.5. The molecule has 2 aliphatic rings. The molecule has 0 amide bonds. The Labute approximate surface area is 130 Å². The normalized spacial score (nSPS) is 27.2. The molecule has 120 valence electrons. The summed E-state index contributed by atoms with van der Waals surface area (Å²) in [5.41, 5.74) is 0. The smallest absolute Gasteiger partial charge is 0.192 e. The van der Waals surface area contributed by atoms with Gasteiger partial charge in [0.05, 0.1) is 18.2 Å². The lowest BCUT2D eigenvalue weighted by molar-refractivity contribution is 0.0992. The minimum Gasteiger partial charge on any atom is -0.373 e. The van der Waals surface area contributed by atoms with E-state index in [1.807, 2.05) is 24.6 Å². The molecule has 0 aromatic carbocycles. The zero-order valence-electron chi connectivity index (χ0n) is 13.2. The predicted molar refractivity (Wildman–Crippen MR) is 84.5 cm³/mol. The van der Waals surface area contributed by atoms with Crippen molar-refractivity contribution in [3.63, 3.8) is 0 Å². The minimum atomic E-state index is 0.317. The summed E-state index contributed by atoms with van der Waals surface area (Å²) in [5, 5.41) is 14.9. The number of rotatable bonds is 5. The fourth-order valence-corrected chi connectivity index (χ4v) is 3.03. The fraction of sp³-hybridized carbons (Fsp3) is 0.667. The highest BCUT2D eigenvalue weighted by atomic mass is 16.5. The SMILES string of the molecule is C=CCNC(=NCc1nnc(C)n1C)NC1CC2CCC1O2. The van der Waals surface area contributed by atoms with Crippen molar-refractivity contribution in [3.05, 3.63) is 24.3 Å². The Morgan fingerprint density at radius 1 is 1.50 bits per heavy atom. The number of aryl methyl sites for hydroxylation is 1. The molecule has 3 rings (SSSR count). The van der Waals surface area contributed by atoms with E-state index in [4.69, 9.17) is 4.74 Å². The number of hydrogen-bond acceptors (Lipinski definition) is 4. The number of nitrogens with zero attached hydrogens (tertiary/aromatic N) is 4. The summed E-state index contributed by atoms with van der Waals surface area (Å²) in [4.78, 5) is 4.62. The Balaban J connectivity index is 1.64. The van der Waals surface area contributed by atoms with Crippen LogP contribution in [0.25, 0.3) is 0 Å². The van der Waals surface area contributed by atoms with E-state index in [2.05, 4.69) is 32.4 Å². The molecule has 2 fully saturated rings.